The molecule has 0 saturated heterocycles. The van der Waals surface area contributed by atoms with Crippen LogP contribution in [-0.2, 0) is 6.54 Å². The molecule has 1 heterocycles. The lowest BCUT2D eigenvalue weighted by atomic mass is 10.5. The lowest BCUT2D eigenvalue weighted by Crippen LogP contribution is -2.15. The minimum atomic E-state index is 0.808. The van der Waals surface area contributed by atoms with Crippen LogP contribution in [0, 0.1) is 12.3 Å². The molecule has 70 valence electrons. The largest absolute Gasteiger partial charge is 0.311 e. The van der Waals surface area contributed by atoms with Crippen molar-refractivity contribution in [2.45, 2.75) is 6.54 Å². The molecule has 0 saturated carbocycles. The first-order chi connectivity index (χ1) is 6.43. The Morgan fingerprint density at radius 3 is 3.31 bits per heavy atom. The maximum Gasteiger partial charge on any atom is 0.0794 e. The number of nitrogens with zero attached hydrogens (tertiary/aromatic N) is 1. The van der Waals surface area contributed by atoms with E-state index in [0.717, 1.165) is 24.6 Å². The van der Waals surface area contributed by atoms with Crippen LogP contribution in [0.15, 0.2) is 11.7 Å². The number of thiazole rings is 1. The summed E-state index contributed by atoms with van der Waals surface area (Å²) in [4.78, 5) is 5.28. The molecule has 1 aromatic rings. The zero-order chi connectivity index (χ0) is 9.36. The van der Waals surface area contributed by atoms with Gasteiger partial charge in [-0.1, -0.05) is 5.92 Å². The number of aromatic nitrogens is 1. The fraction of sp³-hybridized carbons (Fsp3) is 0.444. The Morgan fingerprint density at radius 2 is 2.62 bits per heavy atom. The van der Waals surface area contributed by atoms with Crippen LogP contribution < -0.4 is 5.32 Å². The molecule has 1 aromatic heterocycles. The predicted octanol–water partition coefficient (Wildman–Crippen LogP) is 1.60. The van der Waals surface area contributed by atoms with Crippen molar-refractivity contribution in [1.82, 2.24) is 10.3 Å². The molecule has 0 atom stereocenters. The summed E-state index contributed by atoms with van der Waals surface area (Å²) in [5.41, 5.74) is 1.85. The summed E-state index contributed by atoms with van der Waals surface area (Å²) in [5, 5.41) is 3.33. The Labute approximate surface area is 87.2 Å². The van der Waals surface area contributed by atoms with E-state index < -0.39 is 0 Å². The van der Waals surface area contributed by atoms with Gasteiger partial charge in [0, 0.05) is 29.9 Å². The lowest BCUT2D eigenvalue weighted by molar-refractivity contribution is 0.740. The summed E-state index contributed by atoms with van der Waals surface area (Å²) >= 11 is 3.46. The van der Waals surface area contributed by atoms with E-state index in [1.54, 1.807) is 23.1 Å². The van der Waals surface area contributed by atoms with Gasteiger partial charge in [-0.05, 0) is 0 Å². The van der Waals surface area contributed by atoms with Crippen molar-refractivity contribution in [3.05, 3.63) is 16.6 Å². The second kappa shape index (κ2) is 6.96. The SMILES string of the molecule is C#CCSCCNCc1cncs1. The highest BCUT2D eigenvalue weighted by molar-refractivity contribution is 7.99. The molecular formula is C9H12N2S2. The van der Waals surface area contributed by atoms with E-state index in [0.29, 0.717) is 0 Å². The van der Waals surface area contributed by atoms with E-state index in [9.17, 15) is 0 Å². The third kappa shape index (κ3) is 4.94. The molecule has 0 radical (unpaired) electrons. The van der Waals surface area contributed by atoms with E-state index in [2.05, 4.69) is 16.2 Å². The molecule has 0 aliphatic rings. The van der Waals surface area contributed by atoms with E-state index in [1.165, 1.54) is 4.88 Å². The van der Waals surface area contributed by atoms with Gasteiger partial charge in [0.15, 0.2) is 0 Å². The molecular weight excluding hydrogens is 200 g/mol. The zero-order valence-corrected chi connectivity index (χ0v) is 8.96. The number of hydrogen-bond donors (Lipinski definition) is 1. The van der Waals surface area contributed by atoms with E-state index in [1.807, 2.05) is 11.7 Å². The van der Waals surface area contributed by atoms with Crippen molar-refractivity contribution in [1.29, 1.82) is 0 Å². The Kier molecular flexibility index (Phi) is 5.66. The number of nitrogens with one attached hydrogen (secondary N) is 1. The van der Waals surface area contributed by atoms with Crippen LogP contribution in [0.4, 0.5) is 0 Å². The molecule has 0 aromatic carbocycles. The Bertz CT molecular complexity index is 251. The Balaban J connectivity index is 1.94. The van der Waals surface area contributed by atoms with Gasteiger partial charge in [-0.25, -0.2) is 0 Å². The summed E-state index contributed by atoms with van der Waals surface area (Å²) in [6, 6.07) is 0. The maximum absolute atomic E-state index is 5.12. The van der Waals surface area contributed by atoms with Gasteiger partial charge in [0.2, 0.25) is 0 Å². The van der Waals surface area contributed by atoms with Crippen LogP contribution in [-0.4, -0.2) is 23.0 Å². The fourth-order valence-corrected chi connectivity index (χ4v) is 1.93. The third-order valence-electron chi connectivity index (χ3n) is 1.39. The minimum absolute atomic E-state index is 0.808. The second-order valence-corrected chi connectivity index (χ2v) is 4.48. The number of rotatable bonds is 6. The van der Waals surface area contributed by atoms with Gasteiger partial charge in [0.1, 0.15) is 0 Å². The first kappa shape index (κ1) is 10.6. The van der Waals surface area contributed by atoms with Crippen molar-refractivity contribution in [2.75, 3.05) is 18.1 Å². The molecule has 0 aliphatic heterocycles. The summed E-state index contributed by atoms with van der Waals surface area (Å²) < 4.78 is 0. The molecule has 2 nitrogen and oxygen atoms in total. The van der Waals surface area contributed by atoms with E-state index in [4.69, 9.17) is 6.42 Å². The van der Waals surface area contributed by atoms with Crippen molar-refractivity contribution in [2.24, 2.45) is 0 Å². The fourth-order valence-electron chi connectivity index (χ4n) is 0.816. The quantitative estimate of drug-likeness (QED) is 0.573. The van der Waals surface area contributed by atoms with Crippen LogP contribution in [0.3, 0.4) is 0 Å². The first-order valence-electron chi connectivity index (χ1n) is 4.03. The van der Waals surface area contributed by atoms with Crippen molar-refractivity contribution < 1.29 is 0 Å². The van der Waals surface area contributed by atoms with E-state index in [-0.39, 0.29) is 0 Å². The maximum atomic E-state index is 5.12. The van der Waals surface area contributed by atoms with E-state index >= 15 is 0 Å². The molecule has 13 heavy (non-hydrogen) atoms. The first-order valence-corrected chi connectivity index (χ1v) is 6.06. The van der Waals surface area contributed by atoms with Gasteiger partial charge in [0.05, 0.1) is 11.3 Å². The Morgan fingerprint density at radius 1 is 1.69 bits per heavy atom. The summed E-state index contributed by atoms with van der Waals surface area (Å²) in [6.07, 6.45) is 7.02. The number of hydrogen-bond acceptors (Lipinski definition) is 4. The van der Waals surface area contributed by atoms with Crippen LogP contribution in [0.5, 0.6) is 0 Å². The topological polar surface area (TPSA) is 24.9 Å². The smallest absolute Gasteiger partial charge is 0.0794 e. The molecule has 0 bridgehead atoms. The van der Waals surface area contributed by atoms with Crippen molar-refractivity contribution in [3.8, 4) is 12.3 Å². The molecule has 0 amide bonds. The highest BCUT2D eigenvalue weighted by Crippen LogP contribution is 2.04. The average molecular weight is 212 g/mol. The lowest BCUT2D eigenvalue weighted by Gasteiger charge is -2.00. The zero-order valence-electron chi connectivity index (χ0n) is 7.32. The Hall–Kier alpha value is -0.500. The normalized spacial score (nSPS) is 9.77. The summed E-state index contributed by atoms with van der Waals surface area (Å²) in [7, 11) is 0. The van der Waals surface area contributed by atoms with Crippen molar-refractivity contribution >= 4 is 23.1 Å². The van der Waals surface area contributed by atoms with Gasteiger partial charge in [-0.3, -0.25) is 4.98 Å². The summed E-state index contributed by atoms with van der Waals surface area (Å²) in [6.45, 7) is 1.92. The predicted molar refractivity (Wildman–Crippen MR) is 60.0 cm³/mol. The van der Waals surface area contributed by atoms with Gasteiger partial charge >= 0.3 is 0 Å². The average Bonchev–Trinajstić information content (AvgIpc) is 2.63. The van der Waals surface area contributed by atoms with Crippen LogP contribution >= 0.6 is 23.1 Å². The molecule has 0 unspecified atom stereocenters. The second-order valence-electron chi connectivity index (χ2n) is 2.40. The van der Waals surface area contributed by atoms with Gasteiger partial charge in [-0.15, -0.1) is 29.5 Å². The van der Waals surface area contributed by atoms with Gasteiger partial charge in [-0.2, -0.15) is 0 Å². The molecule has 4 heteroatoms. The molecule has 1 rings (SSSR count). The van der Waals surface area contributed by atoms with Crippen LogP contribution in [0.1, 0.15) is 4.88 Å². The number of thioether (sulfide) groups is 1. The number of terminal acetylenes is 1. The monoisotopic (exact) mass is 212 g/mol. The highest BCUT2D eigenvalue weighted by Gasteiger charge is 1.92. The van der Waals surface area contributed by atoms with Gasteiger partial charge in [0.25, 0.3) is 0 Å². The highest BCUT2D eigenvalue weighted by atomic mass is 32.2. The molecule has 0 fully saturated rings. The molecule has 0 spiro atoms. The third-order valence-corrected chi connectivity index (χ3v) is 3.03. The van der Waals surface area contributed by atoms with Gasteiger partial charge < -0.3 is 5.32 Å². The minimum Gasteiger partial charge on any atom is -0.311 e. The van der Waals surface area contributed by atoms with Crippen molar-refractivity contribution in [3.63, 3.8) is 0 Å². The standard InChI is InChI=1S/C9H12N2S2/c1-2-4-12-5-3-10-6-9-7-11-8-13-9/h1,7-8,10H,3-6H2. The molecule has 1 N–H and O–H groups in total. The summed E-state index contributed by atoms with van der Waals surface area (Å²) in [5.74, 6) is 4.48. The van der Waals surface area contributed by atoms with Crippen LogP contribution in [0.25, 0.3) is 0 Å². The molecule has 0 aliphatic carbocycles. The van der Waals surface area contributed by atoms with Crippen LogP contribution in [0.2, 0.25) is 0 Å².